The second-order valence-electron chi connectivity index (χ2n) is 1.24. The van der Waals surface area contributed by atoms with Gasteiger partial charge < -0.3 is 4.98 Å². The highest BCUT2D eigenvalue weighted by Crippen LogP contribution is 1.85. The van der Waals surface area contributed by atoms with Gasteiger partial charge in [-0.05, 0) is 0 Å². The van der Waals surface area contributed by atoms with Gasteiger partial charge in [0.15, 0.2) is 0 Å². The van der Waals surface area contributed by atoms with Crippen molar-refractivity contribution >= 4 is 12.0 Å². The minimum Gasteiger partial charge on any atom is -0.345 e. The van der Waals surface area contributed by atoms with Gasteiger partial charge in [-0.1, -0.05) is 0 Å². The highest BCUT2D eigenvalue weighted by atomic mass is 16.1. The minimum atomic E-state index is 0.542. The van der Waals surface area contributed by atoms with Gasteiger partial charge in [-0.25, -0.2) is 9.78 Å². The predicted molar refractivity (Wildman–Crippen MR) is 28.7 cm³/mol. The maximum Gasteiger partial charge on any atom is 0.141 e. The van der Waals surface area contributed by atoms with E-state index in [9.17, 15) is 4.79 Å². The third-order valence-corrected chi connectivity index (χ3v) is 0.715. The van der Waals surface area contributed by atoms with Crippen LogP contribution in [0.1, 0.15) is 5.82 Å². The largest absolute Gasteiger partial charge is 0.345 e. The quantitative estimate of drug-likeness (QED) is 0.524. The van der Waals surface area contributed by atoms with Gasteiger partial charge in [0.25, 0.3) is 0 Å². The molecule has 0 saturated heterocycles. The van der Waals surface area contributed by atoms with Crippen molar-refractivity contribution in [2.45, 2.75) is 0 Å². The molecule has 0 radical (unpaired) electrons. The van der Waals surface area contributed by atoms with Crippen molar-refractivity contribution in [3.63, 3.8) is 0 Å². The summed E-state index contributed by atoms with van der Waals surface area (Å²) in [7, 11) is 0. The van der Waals surface area contributed by atoms with Crippen molar-refractivity contribution in [2.24, 2.45) is 0 Å². The molecule has 8 heavy (non-hydrogen) atoms. The van der Waals surface area contributed by atoms with Gasteiger partial charge in [-0.3, -0.25) is 0 Å². The third-order valence-electron chi connectivity index (χ3n) is 0.715. The van der Waals surface area contributed by atoms with Crippen molar-refractivity contribution < 1.29 is 4.79 Å². The zero-order chi connectivity index (χ0) is 5.82. The molecular formula is C5H4N2O. The summed E-state index contributed by atoms with van der Waals surface area (Å²) in [5.41, 5.74) is 0. The first-order valence-corrected chi connectivity index (χ1v) is 2.14. The van der Waals surface area contributed by atoms with Crippen LogP contribution in [0.5, 0.6) is 0 Å². The number of aromatic amines is 1. The lowest BCUT2D eigenvalue weighted by atomic mass is 10.6. The molecule has 3 heteroatoms. The van der Waals surface area contributed by atoms with Gasteiger partial charge in [0, 0.05) is 12.4 Å². The van der Waals surface area contributed by atoms with E-state index in [2.05, 4.69) is 9.97 Å². The van der Waals surface area contributed by atoms with Crippen molar-refractivity contribution in [1.82, 2.24) is 9.97 Å². The minimum absolute atomic E-state index is 0.542. The van der Waals surface area contributed by atoms with Crippen LogP contribution in [0.15, 0.2) is 12.4 Å². The maximum absolute atomic E-state index is 9.63. The number of nitrogens with one attached hydrogen (secondary N) is 1. The molecule has 0 saturated carbocycles. The van der Waals surface area contributed by atoms with Crippen molar-refractivity contribution in [3.05, 3.63) is 18.2 Å². The Hall–Kier alpha value is -1.34. The number of carbonyl (C=O) groups excluding carboxylic acids is 1. The topological polar surface area (TPSA) is 45.8 Å². The van der Waals surface area contributed by atoms with E-state index in [4.69, 9.17) is 0 Å². The molecule has 1 aromatic heterocycles. The van der Waals surface area contributed by atoms with E-state index < -0.39 is 0 Å². The van der Waals surface area contributed by atoms with E-state index in [1.54, 1.807) is 18.3 Å². The number of hydrogen-bond acceptors (Lipinski definition) is 2. The summed E-state index contributed by atoms with van der Waals surface area (Å²) < 4.78 is 0. The van der Waals surface area contributed by atoms with Crippen LogP contribution >= 0.6 is 0 Å². The highest BCUT2D eigenvalue weighted by molar-refractivity contribution is 5.71. The lowest BCUT2D eigenvalue weighted by Gasteiger charge is -1.71. The standard InChI is InChI=1S/C5H4N2O/c8-4-1-5-6-2-3-7-5/h1-3H,(H,6,7). The average molecular weight is 108 g/mol. The average Bonchev–Trinajstić information content (AvgIpc) is 2.19. The smallest absolute Gasteiger partial charge is 0.141 e. The molecule has 0 aliphatic rings. The monoisotopic (exact) mass is 108 g/mol. The van der Waals surface area contributed by atoms with Crippen molar-refractivity contribution in [3.8, 4) is 0 Å². The van der Waals surface area contributed by atoms with E-state index >= 15 is 0 Å². The molecular weight excluding hydrogens is 104 g/mol. The second-order valence-corrected chi connectivity index (χ2v) is 1.24. The predicted octanol–water partition coefficient (Wildman–Crippen LogP) is 0.254. The zero-order valence-electron chi connectivity index (χ0n) is 4.09. The van der Waals surface area contributed by atoms with Gasteiger partial charge in [0.2, 0.25) is 0 Å². The Kier molecular flexibility index (Phi) is 1.26. The van der Waals surface area contributed by atoms with Gasteiger partial charge in [0.05, 0.1) is 6.08 Å². The molecule has 0 fully saturated rings. The summed E-state index contributed by atoms with van der Waals surface area (Å²) in [6.45, 7) is 0. The summed E-state index contributed by atoms with van der Waals surface area (Å²) in [5.74, 6) is 2.14. The molecule has 0 unspecified atom stereocenters. The Labute approximate surface area is 46.1 Å². The molecule has 1 rings (SSSR count). The van der Waals surface area contributed by atoms with E-state index in [1.165, 1.54) is 6.08 Å². The maximum atomic E-state index is 9.63. The first kappa shape index (κ1) is 4.81. The van der Waals surface area contributed by atoms with Crippen molar-refractivity contribution in [2.75, 3.05) is 0 Å². The van der Waals surface area contributed by atoms with Gasteiger partial charge in [-0.2, -0.15) is 0 Å². The molecule has 1 N–H and O–H groups in total. The van der Waals surface area contributed by atoms with Crippen LogP contribution in [0.4, 0.5) is 0 Å². The summed E-state index contributed by atoms with van der Waals surface area (Å²) in [6, 6.07) is 0. The van der Waals surface area contributed by atoms with Crippen LogP contribution in [0.2, 0.25) is 0 Å². The van der Waals surface area contributed by atoms with E-state index in [-0.39, 0.29) is 0 Å². The Morgan fingerprint density at radius 1 is 1.88 bits per heavy atom. The fourth-order valence-electron chi connectivity index (χ4n) is 0.412. The lowest BCUT2D eigenvalue weighted by Crippen LogP contribution is -1.70. The van der Waals surface area contributed by atoms with Crippen LogP contribution in [0.25, 0.3) is 6.08 Å². The number of aromatic nitrogens is 2. The summed E-state index contributed by atoms with van der Waals surface area (Å²) in [4.78, 5) is 16.1. The lowest BCUT2D eigenvalue weighted by molar-refractivity contribution is 0.570. The molecule has 0 spiro atoms. The van der Waals surface area contributed by atoms with Crippen LogP contribution < -0.4 is 0 Å². The molecule has 1 aromatic rings. The summed E-state index contributed by atoms with van der Waals surface area (Å²) >= 11 is 0. The van der Waals surface area contributed by atoms with Crippen LogP contribution in [-0.2, 0) is 4.79 Å². The van der Waals surface area contributed by atoms with Gasteiger partial charge in [-0.15, -0.1) is 0 Å². The molecule has 40 valence electrons. The number of H-pyrrole nitrogens is 1. The molecule has 0 bridgehead atoms. The molecule has 3 nitrogen and oxygen atoms in total. The zero-order valence-corrected chi connectivity index (χ0v) is 4.09. The summed E-state index contributed by atoms with van der Waals surface area (Å²) in [6.07, 6.45) is 4.45. The second kappa shape index (κ2) is 2.09. The van der Waals surface area contributed by atoms with E-state index in [0.29, 0.717) is 5.82 Å². The summed E-state index contributed by atoms with van der Waals surface area (Å²) in [5, 5.41) is 0. The number of imidazole rings is 1. The Balaban J connectivity index is 2.93. The van der Waals surface area contributed by atoms with Crippen molar-refractivity contribution in [1.29, 1.82) is 0 Å². The Morgan fingerprint density at radius 2 is 2.75 bits per heavy atom. The fourth-order valence-corrected chi connectivity index (χ4v) is 0.412. The van der Waals surface area contributed by atoms with E-state index in [1.807, 2.05) is 0 Å². The normalized spacial score (nSPS) is 8.00. The third kappa shape index (κ3) is 0.832. The molecule has 0 atom stereocenters. The van der Waals surface area contributed by atoms with Gasteiger partial charge >= 0.3 is 0 Å². The molecule has 1 heterocycles. The van der Waals surface area contributed by atoms with Crippen LogP contribution in [-0.4, -0.2) is 15.9 Å². The number of hydrogen-bond donors (Lipinski definition) is 1. The Morgan fingerprint density at radius 3 is 3.25 bits per heavy atom. The Bertz CT molecular complexity index is 196. The highest BCUT2D eigenvalue weighted by Gasteiger charge is 1.81. The molecule has 0 aliphatic carbocycles. The number of nitrogens with zero attached hydrogens (tertiary/aromatic N) is 1. The molecule has 0 amide bonds. The van der Waals surface area contributed by atoms with Gasteiger partial charge in [0.1, 0.15) is 11.8 Å². The van der Waals surface area contributed by atoms with Crippen LogP contribution in [0, 0.1) is 0 Å². The van der Waals surface area contributed by atoms with E-state index in [0.717, 1.165) is 0 Å². The first-order chi connectivity index (χ1) is 3.93. The van der Waals surface area contributed by atoms with Crippen LogP contribution in [0.3, 0.4) is 0 Å². The molecule has 0 aliphatic heterocycles. The SMILES string of the molecule is O=C=Cc1ncc[nH]1. The first-order valence-electron chi connectivity index (χ1n) is 2.14. The number of rotatable bonds is 1. The fraction of sp³-hybridized carbons (Fsp3) is 0. The molecule has 0 aromatic carbocycles.